The zero-order valence-electron chi connectivity index (χ0n) is 22.2. The number of anilines is 1. The van der Waals surface area contributed by atoms with Crippen molar-refractivity contribution >= 4 is 27.8 Å². The van der Waals surface area contributed by atoms with Crippen molar-refractivity contribution in [2.45, 2.75) is 70.5 Å². The number of alkyl halides is 3. The average Bonchev–Trinajstić information content (AvgIpc) is 2.73. The number of likely N-dealkylation sites (N-methyl/N-ethyl adjacent to an activating group) is 2. The van der Waals surface area contributed by atoms with Crippen LogP contribution in [0.4, 0.5) is 18.9 Å². The summed E-state index contributed by atoms with van der Waals surface area (Å²) in [6.07, 6.45) is 2.77. The summed E-state index contributed by atoms with van der Waals surface area (Å²) in [5, 5.41) is 18.0. The number of nitrogens with zero attached hydrogens (tertiary/aromatic N) is 2. The van der Waals surface area contributed by atoms with Crippen LogP contribution < -0.4 is 9.83 Å². The maximum absolute atomic E-state index is 12.9. The normalized spacial score (nSPS) is 13.0. The zero-order valence-corrected chi connectivity index (χ0v) is 23.0. The maximum atomic E-state index is 12.9. The second-order valence-corrected chi connectivity index (χ2v) is 11.6. The van der Waals surface area contributed by atoms with Crippen molar-refractivity contribution in [3.05, 3.63) is 29.8 Å². The van der Waals surface area contributed by atoms with E-state index in [4.69, 9.17) is 9.90 Å². The smallest absolute Gasteiger partial charge is 0.430 e. The van der Waals surface area contributed by atoms with Gasteiger partial charge in [0.05, 0.1) is 45.8 Å². The third-order valence-electron chi connectivity index (χ3n) is 5.29. The minimum atomic E-state index is -5.19. The topological polar surface area (TPSA) is 127 Å². The minimum Gasteiger partial charge on any atom is -0.542 e. The van der Waals surface area contributed by atoms with Crippen LogP contribution in [0.15, 0.2) is 24.3 Å². The maximum Gasteiger partial charge on any atom is 0.430 e. The summed E-state index contributed by atoms with van der Waals surface area (Å²) in [5.74, 6) is -4.02. The summed E-state index contributed by atoms with van der Waals surface area (Å²) >= 11 is 0. The van der Waals surface area contributed by atoms with Crippen LogP contribution >= 0.6 is 0 Å². The van der Waals surface area contributed by atoms with Gasteiger partial charge in [0.15, 0.2) is 0 Å². The molecule has 0 bridgehead atoms. The third kappa shape index (κ3) is 16.2. The molecule has 1 aromatic carbocycles. The summed E-state index contributed by atoms with van der Waals surface area (Å²) in [5.41, 5.74) is 1.60. The molecule has 1 aromatic rings. The van der Waals surface area contributed by atoms with Gasteiger partial charge >= 0.3 is 22.4 Å². The van der Waals surface area contributed by atoms with E-state index < -0.39 is 34.4 Å². The van der Waals surface area contributed by atoms with Crippen LogP contribution in [-0.2, 0) is 26.2 Å². The fourth-order valence-electron chi connectivity index (χ4n) is 3.46. The van der Waals surface area contributed by atoms with Crippen molar-refractivity contribution in [3.8, 4) is 0 Å². The Labute approximate surface area is 218 Å². The number of aryl methyl sites for hydroxylation is 1. The molecular weight excluding hydrogens is 515 g/mol. The molecule has 214 valence electrons. The highest BCUT2D eigenvalue weighted by molar-refractivity contribution is 7.90. The Morgan fingerprint density at radius 3 is 2.14 bits per heavy atom. The minimum absolute atomic E-state index is 0.245. The molecule has 0 saturated heterocycles. The van der Waals surface area contributed by atoms with Crippen molar-refractivity contribution in [2.24, 2.45) is 0 Å². The molecule has 0 radical (unpaired) electrons. The fourth-order valence-corrected chi connectivity index (χ4v) is 4.56. The first-order valence-corrected chi connectivity index (χ1v) is 13.5. The molecule has 0 heterocycles. The number of carboxylic acid groups (broad SMARTS) is 2. The lowest BCUT2D eigenvalue weighted by atomic mass is 10.0. The Bertz CT molecular complexity index is 950. The van der Waals surface area contributed by atoms with Gasteiger partial charge in [0.25, 0.3) is 0 Å². The fraction of sp³-hybridized carbons (Fsp3) is 0.667. The van der Waals surface area contributed by atoms with Gasteiger partial charge in [-0.1, -0.05) is 51.2 Å². The molecule has 0 spiro atoms. The number of carbonyl (C=O) groups excluding carboxylic acids is 1. The number of halogens is 3. The van der Waals surface area contributed by atoms with Crippen LogP contribution in [-0.4, -0.2) is 81.2 Å². The number of hydrogen-bond donors (Lipinski definition) is 2. The number of aliphatic carboxylic acids is 2. The summed E-state index contributed by atoms with van der Waals surface area (Å²) in [6, 6.07) is 6.81. The summed E-state index contributed by atoms with van der Waals surface area (Å²) < 4.78 is 61.6. The number of nitrogens with one attached hydrogen (secondary N) is 1. The summed E-state index contributed by atoms with van der Waals surface area (Å²) in [4.78, 5) is 20.0. The molecule has 0 saturated carbocycles. The van der Waals surface area contributed by atoms with E-state index in [0.29, 0.717) is 16.7 Å². The Morgan fingerprint density at radius 2 is 1.65 bits per heavy atom. The van der Waals surface area contributed by atoms with E-state index in [9.17, 15) is 31.5 Å². The molecule has 1 atom stereocenters. The highest BCUT2D eigenvalue weighted by Gasteiger charge is 2.32. The number of hydrogen-bond acceptors (Lipinski definition) is 5. The van der Waals surface area contributed by atoms with Gasteiger partial charge in [-0.3, -0.25) is 9.52 Å². The number of carbonyl (C=O) groups is 2. The standard InChI is InChI=1S/C22H39N3O4S.C2HF3O2/c1-6-7-8-9-10-11-13-19-14-12-15-20(16-19)23-30(28,29)24(2)21(17-22(26)27)18-25(3,4)5;3-2(4,5)1(6)7/h12,14-16,21,23H,6-11,13,17-18H2,1-5H3;(H,6,7). The van der Waals surface area contributed by atoms with Gasteiger partial charge in [0.2, 0.25) is 0 Å². The molecule has 2 N–H and O–H groups in total. The van der Waals surface area contributed by atoms with E-state index in [2.05, 4.69) is 11.6 Å². The first-order valence-electron chi connectivity index (χ1n) is 12.0. The second kappa shape index (κ2) is 15.8. The number of benzene rings is 1. The van der Waals surface area contributed by atoms with E-state index in [1.807, 2.05) is 39.3 Å². The molecule has 0 aliphatic heterocycles. The molecule has 0 aliphatic carbocycles. The summed E-state index contributed by atoms with van der Waals surface area (Å²) in [6.45, 7) is 2.60. The van der Waals surface area contributed by atoms with E-state index in [0.717, 1.165) is 22.7 Å². The number of unbranched alkanes of at least 4 members (excludes halogenated alkanes) is 5. The molecule has 1 unspecified atom stereocenters. The Kier molecular flexibility index (Phi) is 14.8. The first-order chi connectivity index (χ1) is 16.9. The average molecular weight is 556 g/mol. The molecular formula is C24H40F3N3O6S. The highest BCUT2D eigenvalue weighted by Crippen LogP contribution is 2.19. The first kappa shape index (κ1) is 34.6. The largest absolute Gasteiger partial charge is 0.542 e. The van der Waals surface area contributed by atoms with Crippen LogP contribution in [0, 0.1) is 0 Å². The Balaban J connectivity index is 0.00000161. The lowest BCUT2D eigenvalue weighted by Gasteiger charge is -2.33. The lowest BCUT2D eigenvalue weighted by molar-refractivity contribution is -0.872. The second-order valence-electron chi connectivity index (χ2n) is 9.85. The number of quaternary nitrogens is 1. The molecule has 0 aromatic heterocycles. The molecule has 13 heteroatoms. The monoisotopic (exact) mass is 555 g/mol. The molecule has 0 fully saturated rings. The van der Waals surface area contributed by atoms with E-state index in [-0.39, 0.29) is 6.42 Å². The van der Waals surface area contributed by atoms with Gasteiger partial charge in [-0.25, -0.2) is 0 Å². The van der Waals surface area contributed by atoms with Gasteiger partial charge in [0.1, 0.15) is 5.97 Å². The Hall–Kier alpha value is -2.38. The zero-order chi connectivity index (χ0) is 28.9. The van der Waals surface area contributed by atoms with Crippen LogP contribution in [0.5, 0.6) is 0 Å². The predicted octanol–water partition coefficient (Wildman–Crippen LogP) is 3.03. The van der Waals surface area contributed by atoms with Crippen molar-refractivity contribution < 1.29 is 45.9 Å². The van der Waals surface area contributed by atoms with Gasteiger partial charge < -0.3 is 19.5 Å². The molecule has 0 aliphatic rings. The van der Waals surface area contributed by atoms with Crippen molar-refractivity contribution in [1.29, 1.82) is 0 Å². The van der Waals surface area contributed by atoms with E-state index in [1.165, 1.54) is 39.2 Å². The predicted molar refractivity (Wildman–Crippen MR) is 134 cm³/mol. The Morgan fingerprint density at radius 1 is 1.11 bits per heavy atom. The number of carboxylic acids is 2. The molecule has 1 rings (SSSR count). The molecule has 0 amide bonds. The van der Waals surface area contributed by atoms with Crippen molar-refractivity contribution in [1.82, 2.24) is 4.31 Å². The SMILES string of the molecule is CCCCCCCCc1cccc(NS(=O)(=O)N(C)C(CC(=O)O)C[N+](C)(C)C)c1.O=C([O-])C(F)(F)F. The van der Waals surface area contributed by atoms with Crippen LogP contribution in [0.3, 0.4) is 0 Å². The number of rotatable bonds is 15. The van der Waals surface area contributed by atoms with E-state index in [1.54, 1.807) is 6.07 Å². The molecule has 9 nitrogen and oxygen atoms in total. The van der Waals surface area contributed by atoms with Gasteiger partial charge in [-0.15, -0.1) is 0 Å². The van der Waals surface area contributed by atoms with Crippen LogP contribution in [0.2, 0.25) is 0 Å². The third-order valence-corrected chi connectivity index (χ3v) is 6.84. The molecule has 37 heavy (non-hydrogen) atoms. The van der Waals surface area contributed by atoms with Crippen molar-refractivity contribution in [3.63, 3.8) is 0 Å². The van der Waals surface area contributed by atoms with Gasteiger partial charge in [-0.2, -0.15) is 25.9 Å². The van der Waals surface area contributed by atoms with Crippen LogP contribution in [0.1, 0.15) is 57.4 Å². The van der Waals surface area contributed by atoms with Crippen molar-refractivity contribution in [2.75, 3.05) is 39.5 Å². The lowest BCUT2D eigenvalue weighted by Crippen LogP contribution is -2.51. The highest BCUT2D eigenvalue weighted by atomic mass is 32.2. The summed E-state index contributed by atoms with van der Waals surface area (Å²) in [7, 11) is 3.30. The van der Waals surface area contributed by atoms with Gasteiger partial charge in [-0.05, 0) is 30.5 Å². The quantitative estimate of drug-likeness (QED) is 0.253. The van der Waals surface area contributed by atoms with Crippen LogP contribution in [0.25, 0.3) is 0 Å². The van der Waals surface area contributed by atoms with Gasteiger partial charge in [0, 0.05) is 7.05 Å². The van der Waals surface area contributed by atoms with E-state index >= 15 is 0 Å².